The number of anilines is 1. The molecule has 3 rings (SSSR count). The lowest BCUT2D eigenvalue weighted by atomic mass is 10.2. The summed E-state index contributed by atoms with van der Waals surface area (Å²) in [6, 6.07) is 7.85. The van der Waals surface area contributed by atoms with Gasteiger partial charge in [0.25, 0.3) is 0 Å². The molecule has 122 valence electrons. The second kappa shape index (κ2) is 7.44. The third-order valence-corrected chi connectivity index (χ3v) is 4.61. The number of carbonyl (C=O) groups is 2. The summed E-state index contributed by atoms with van der Waals surface area (Å²) in [5.41, 5.74) is 1.94. The van der Waals surface area contributed by atoms with E-state index in [1.54, 1.807) is 6.08 Å². The van der Waals surface area contributed by atoms with E-state index in [9.17, 15) is 9.59 Å². The molecule has 0 saturated carbocycles. The summed E-state index contributed by atoms with van der Waals surface area (Å²) in [5.74, 6) is 0.301. The van der Waals surface area contributed by atoms with Gasteiger partial charge in [-0.25, -0.2) is 0 Å². The maximum atomic E-state index is 12.2. The molecule has 2 aliphatic rings. The van der Waals surface area contributed by atoms with Crippen LogP contribution in [0.3, 0.4) is 0 Å². The summed E-state index contributed by atoms with van der Waals surface area (Å²) in [6.45, 7) is 2.56. The van der Waals surface area contributed by atoms with Crippen LogP contribution < -0.4 is 4.90 Å². The molecule has 0 aliphatic carbocycles. The lowest BCUT2D eigenvalue weighted by molar-refractivity contribution is -0.125. The number of hydrogen-bond acceptors (Lipinski definition) is 2. The van der Waals surface area contributed by atoms with Gasteiger partial charge < -0.3 is 9.80 Å². The van der Waals surface area contributed by atoms with E-state index < -0.39 is 0 Å². The van der Waals surface area contributed by atoms with E-state index >= 15 is 0 Å². The van der Waals surface area contributed by atoms with Crippen molar-refractivity contribution in [1.29, 1.82) is 0 Å². The molecule has 1 aromatic rings. The van der Waals surface area contributed by atoms with Crippen LogP contribution in [0.1, 0.15) is 44.1 Å². The van der Waals surface area contributed by atoms with E-state index in [1.165, 1.54) is 12.8 Å². The normalized spacial score (nSPS) is 19.4. The Bertz CT molecular complexity index is 584. The maximum Gasteiger partial charge on any atom is 0.246 e. The fraction of sp³-hybridized carbons (Fsp3) is 0.474. The average molecular weight is 312 g/mol. The zero-order valence-corrected chi connectivity index (χ0v) is 13.5. The second-order valence-electron chi connectivity index (χ2n) is 6.31. The fourth-order valence-electron chi connectivity index (χ4n) is 3.25. The minimum Gasteiger partial charge on any atom is -0.339 e. The quantitative estimate of drug-likeness (QED) is 0.804. The van der Waals surface area contributed by atoms with E-state index in [4.69, 9.17) is 0 Å². The Hall–Kier alpha value is -2.10. The highest BCUT2D eigenvalue weighted by Crippen LogP contribution is 2.22. The van der Waals surface area contributed by atoms with Crippen LogP contribution in [0.2, 0.25) is 0 Å². The molecule has 0 unspecified atom stereocenters. The minimum atomic E-state index is 0.102. The highest BCUT2D eigenvalue weighted by atomic mass is 16.2. The summed E-state index contributed by atoms with van der Waals surface area (Å²) in [4.78, 5) is 27.7. The predicted octanol–water partition coefficient (Wildman–Crippen LogP) is 3.23. The first-order valence-corrected chi connectivity index (χ1v) is 8.61. The van der Waals surface area contributed by atoms with Crippen molar-refractivity contribution in [2.45, 2.75) is 38.5 Å². The van der Waals surface area contributed by atoms with Gasteiger partial charge in [0.2, 0.25) is 11.8 Å². The molecule has 0 spiro atoms. The number of hydrogen-bond donors (Lipinski definition) is 0. The molecule has 0 N–H and O–H groups in total. The molecule has 4 heteroatoms. The topological polar surface area (TPSA) is 40.6 Å². The van der Waals surface area contributed by atoms with Gasteiger partial charge >= 0.3 is 0 Å². The number of benzene rings is 1. The Morgan fingerprint density at radius 1 is 0.913 bits per heavy atom. The molecule has 0 atom stereocenters. The number of carbonyl (C=O) groups excluding carboxylic acids is 2. The highest BCUT2D eigenvalue weighted by molar-refractivity contribution is 5.95. The van der Waals surface area contributed by atoms with Crippen LogP contribution in [-0.2, 0) is 9.59 Å². The Morgan fingerprint density at radius 2 is 1.61 bits per heavy atom. The van der Waals surface area contributed by atoms with E-state index in [0.717, 1.165) is 50.1 Å². The van der Waals surface area contributed by atoms with Crippen molar-refractivity contribution in [3.63, 3.8) is 0 Å². The van der Waals surface area contributed by atoms with Crippen molar-refractivity contribution < 1.29 is 9.59 Å². The summed E-state index contributed by atoms with van der Waals surface area (Å²) in [6.07, 6.45) is 9.78. The van der Waals surface area contributed by atoms with Crippen LogP contribution in [0, 0.1) is 0 Å². The summed E-state index contributed by atoms with van der Waals surface area (Å²) < 4.78 is 0. The van der Waals surface area contributed by atoms with E-state index in [1.807, 2.05) is 40.1 Å². The first kappa shape index (κ1) is 15.8. The third kappa shape index (κ3) is 4.01. The first-order chi connectivity index (χ1) is 11.2. The lowest BCUT2D eigenvalue weighted by Gasteiger charge is -2.18. The second-order valence-corrected chi connectivity index (χ2v) is 6.31. The van der Waals surface area contributed by atoms with Crippen molar-refractivity contribution in [2.75, 3.05) is 24.5 Å². The zero-order valence-electron chi connectivity index (χ0n) is 13.5. The predicted molar refractivity (Wildman–Crippen MR) is 92.1 cm³/mol. The Labute approximate surface area is 137 Å². The molecule has 1 aromatic carbocycles. The van der Waals surface area contributed by atoms with Gasteiger partial charge in [0, 0.05) is 37.8 Å². The van der Waals surface area contributed by atoms with Crippen LogP contribution in [0.25, 0.3) is 6.08 Å². The van der Waals surface area contributed by atoms with Gasteiger partial charge in [-0.2, -0.15) is 0 Å². The highest BCUT2D eigenvalue weighted by Gasteiger charge is 2.21. The molecule has 0 radical (unpaired) electrons. The first-order valence-electron chi connectivity index (χ1n) is 8.61. The molecule has 2 aliphatic heterocycles. The molecule has 2 heterocycles. The number of rotatable bonds is 3. The van der Waals surface area contributed by atoms with E-state index in [0.29, 0.717) is 6.42 Å². The molecular formula is C19H24N2O2. The average Bonchev–Trinajstić information content (AvgIpc) is 2.84. The molecule has 2 fully saturated rings. The van der Waals surface area contributed by atoms with Crippen LogP contribution in [-0.4, -0.2) is 36.3 Å². The Balaban J connectivity index is 1.61. The monoisotopic (exact) mass is 312 g/mol. The number of likely N-dealkylation sites (tertiary alicyclic amines) is 1. The Morgan fingerprint density at radius 3 is 2.22 bits per heavy atom. The summed E-state index contributed by atoms with van der Waals surface area (Å²) >= 11 is 0. The van der Waals surface area contributed by atoms with Crippen LogP contribution in [0.5, 0.6) is 0 Å². The van der Waals surface area contributed by atoms with Crippen LogP contribution in [0.4, 0.5) is 5.69 Å². The maximum absolute atomic E-state index is 12.2. The standard InChI is InChI=1S/C19H24N2O2/c22-18(20-13-3-1-2-4-14-20)12-9-16-7-10-17(11-8-16)21-15-5-6-19(21)23/h7-12H,1-6,13-15H2. The van der Waals surface area contributed by atoms with Crippen LogP contribution in [0.15, 0.2) is 30.3 Å². The van der Waals surface area contributed by atoms with Gasteiger partial charge in [0.15, 0.2) is 0 Å². The fourth-order valence-corrected chi connectivity index (χ4v) is 3.25. The molecular weight excluding hydrogens is 288 g/mol. The molecule has 0 bridgehead atoms. The van der Waals surface area contributed by atoms with Crippen molar-refractivity contribution in [2.24, 2.45) is 0 Å². The zero-order chi connectivity index (χ0) is 16.1. The molecule has 23 heavy (non-hydrogen) atoms. The smallest absolute Gasteiger partial charge is 0.246 e. The SMILES string of the molecule is O=C(C=Cc1ccc(N2CCCC2=O)cc1)N1CCCCCC1. The molecule has 0 aromatic heterocycles. The molecule has 4 nitrogen and oxygen atoms in total. The van der Waals surface area contributed by atoms with Gasteiger partial charge in [-0.3, -0.25) is 9.59 Å². The van der Waals surface area contributed by atoms with Crippen molar-refractivity contribution in [3.8, 4) is 0 Å². The van der Waals surface area contributed by atoms with Gasteiger partial charge in [-0.1, -0.05) is 25.0 Å². The van der Waals surface area contributed by atoms with E-state index in [2.05, 4.69) is 0 Å². The Kier molecular flexibility index (Phi) is 5.11. The molecule has 2 amide bonds. The van der Waals surface area contributed by atoms with Crippen molar-refractivity contribution >= 4 is 23.6 Å². The number of nitrogens with zero attached hydrogens (tertiary/aromatic N) is 2. The van der Waals surface area contributed by atoms with Gasteiger partial charge in [-0.05, 0) is 43.0 Å². The van der Waals surface area contributed by atoms with Crippen molar-refractivity contribution in [1.82, 2.24) is 4.90 Å². The third-order valence-electron chi connectivity index (χ3n) is 4.61. The minimum absolute atomic E-state index is 0.102. The van der Waals surface area contributed by atoms with Gasteiger partial charge in [0.05, 0.1) is 0 Å². The largest absolute Gasteiger partial charge is 0.339 e. The number of amides is 2. The summed E-state index contributed by atoms with van der Waals surface area (Å²) in [5, 5.41) is 0. The van der Waals surface area contributed by atoms with Crippen molar-refractivity contribution in [3.05, 3.63) is 35.9 Å². The van der Waals surface area contributed by atoms with Crippen LogP contribution >= 0.6 is 0 Å². The summed E-state index contributed by atoms with van der Waals surface area (Å²) in [7, 11) is 0. The lowest BCUT2D eigenvalue weighted by Crippen LogP contribution is -2.30. The van der Waals surface area contributed by atoms with Gasteiger partial charge in [0.1, 0.15) is 0 Å². The van der Waals surface area contributed by atoms with Gasteiger partial charge in [-0.15, -0.1) is 0 Å². The van der Waals surface area contributed by atoms with E-state index in [-0.39, 0.29) is 11.8 Å². The molecule has 2 saturated heterocycles.